The zero-order valence-electron chi connectivity index (χ0n) is 10.9. The van der Waals surface area contributed by atoms with Crippen LogP contribution in [0.3, 0.4) is 0 Å². The van der Waals surface area contributed by atoms with Gasteiger partial charge in [0.1, 0.15) is 5.82 Å². The Morgan fingerprint density at radius 3 is 3.06 bits per heavy atom. The maximum absolute atomic E-state index is 13.8. The number of hydrogen-bond acceptors (Lipinski definition) is 3. The van der Waals surface area contributed by atoms with Crippen molar-refractivity contribution in [2.24, 2.45) is 0 Å². The summed E-state index contributed by atoms with van der Waals surface area (Å²) in [7, 11) is 1.91. The highest BCUT2D eigenvalue weighted by molar-refractivity contribution is 7.99. The Morgan fingerprint density at radius 2 is 2.22 bits per heavy atom. The maximum atomic E-state index is 13.8. The first-order chi connectivity index (χ1) is 8.79. The van der Waals surface area contributed by atoms with Crippen LogP contribution in [0.1, 0.15) is 17.5 Å². The summed E-state index contributed by atoms with van der Waals surface area (Å²) in [5.41, 5.74) is 1.98. The van der Waals surface area contributed by atoms with Gasteiger partial charge in [-0.3, -0.25) is 4.90 Å². The van der Waals surface area contributed by atoms with Crippen LogP contribution < -0.4 is 5.32 Å². The van der Waals surface area contributed by atoms with Gasteiger partial charge in [0.25, 0.3) is 0 Å². The van der Waals surface area contributed by atoms with Crippen LogP contribution in [0, 0.1) is 5.82 Å². The lowest BCUT2D eigenvalue weighted by molar-refractivity contribution is 0.283. The molecule has 0 atom stereocenters. The van der Waals surface area contributed by atoms with Gasteiger partial charge in [-0.05, 0) is 37.4 Å². The van der Waals surface area contributed by atoms with Crippen molar-refractivity contribution in [2.45, 2.75) is 19.5 Å². The summed E-state index contributed by atoms with van der Waals surface area (Å²) in [6.07, 6.45) is 1.21. The van der Waals surface area contributed by atoms with Crippen LogP contribution in [-0.2, 0) is 13.1 Å². The number of nitrogens with one attached hydrogen (secondary N) is 1. The molecular weight excluding hydrogens is 247 g/mol. The van der Waals surface area contributed by atoms with E-state index in [2.05, 4.69) is 10.2 Å². The van der Waals surface area contributed by atoms with Gasteiger partial charge in [0.2, 0.25) is 0 Å². The van der Waals surface area contributed by atoms with E-state index < -0.39 is 0 Å². The molecule has 1 aliphatic rings. The first-order valence-corrected chi connectivity index (χ1v) is 7.67. The molecule has 1 heterocycles. The van der Waals surface area contributed by atoms with Gasteiger partial charge in [0, 0.05) is 31.0 Å². The van der Waals surface area contributed by atoms with E-state index in [1.54, 1.807) is 6.07 Å². The average Bonchev–Trinajstić information content (AvgIpc) is 2.62. The van der Waals surface area contributed by atoms with E-state index in [-0.39, 0.29) is 5.82 Å². The minimum absolute atomic E-state index is 0.0771. The summed E-state index contributed by atoms with van der Waals surface area (Å²) in [5.74, 6) is 2.32. The standard InChI is InChI=1S/C14H21FN2S/c1-16-10-12-3-4-14(15)13(9-12)11-17-5-2-7-18-8-6-17/h3-4,9,16H,2,5-8,10-11H2,1H3. The highest BCUT2D eigenvalue weighted by Gasteiger charge is 2.12. The molecule has 18 heavy (non-hydrogen) atoms. The lowest BCUT2D eigenvalue weighted by Crippen LogP contribution is -2.26. The van der Waals surface area contributed by atoms with Gasteiger partial charge in [-0.25, -0.2) is 4.39 Å². The lowest BCUT2D eigenvalue weighted by Gasteiger charge is -2.20. The number of nitrogens with zero attached hydrogens (tertiary/aromatic N) is 1. The molecule has 4 heteroatoms. The van der Waals surface area contributed by atoms with Crippen LogP contribution in [-0.4, -0.2) is 36.5 Å². The average molecular weight is 268 g/mol. The second kappa shape index (κ2) is 7.12. The zero-order chi connectivity index (χ0) is 12.8. The molecule has 0 aromatic heterocycles. The fourth-order valence-corrected chi connectivity index (χ4v) is 3.18. The molecular formula is C14H21FN2S. The van der Waals surface area contributed by atoms with Crippen molar-refractivity contribution in [1.29, 1.82) is 0 Å². The molecule has 0 spiro atoms. The van der Waals surface area contributed by atoms with Gasteiger partial charge in [-0.1, -0.05) is 12.1 Å². The summed E-state index contributed by atoms with van der Waals surface area (Å²) in [6, 6.07) is 5.44. The quantitative estimate of drug-likeness (QED) is 0.903. The number of thioether (sulfide) groups is 1. The predicted molar refractivity (Wildman–Crippen MR) is 76.4 cm³/mol. The Morgan fingerprint density at radius 1 is 1.33 bits per heavy atom. The normalized spacial score (nSPS) is 17.7. The van der Waals surface area contributed by atoms with E-state index in [0.717, 1.165) is 43.1 Å². The molecule has 2 rings (SSSR count). The fraction of sp³-hybridized carbons (Fsp3) is 0.571. The van der Waals surface area contributed by atoms with Gasteiger partial charge >= 0.3 is 0 Å². The van der Waals surface area contributed by atoms with E-state index in [1.165, 1.54) is 12.2 Å². The fourth-order valence-electron chi connectivity index (χ4n) is 2.26. The third kappa shape index (κ3) is 3.97. The number of hydrogen-bond donors (Lipinski definition) is 1. The second-order valence-electron chi connectivity index (χ2n) is 4.70. The first-order valence-electron chi connectivity index (χ1n) is 6.51. The van der Waals surface area contributed by atoms with Crippen molar-refractivity contribution in [3.8, 4) is 0 Å². The minimum Gasteiger partial charge on any atom is -0.316 e. The van der Waals surface area contributed by atoms with Gasteiger partial charge in [0.15, 0.2) is 0 Å². The Kier molecular flexibility index (Phi) is 5.47. The van der Waals surface area contributed by atoms with Crippen LogP contribution in [0.25, 0.3) is 0 Å². The third-order valence-electron chi connectivity index (χ3n) is 3.20. The maximum Gasteiger partial charge on any atom is 0.127 e. The van der Waals surface area contributed by atoms with Crippen molar-refractivity contribution >= 4 is 11.8 Å². The van der Waals surface area contributed by atoms with E-state index in [0.29, 0.717) is 0 Å². The van der Waals surface area contributed by atoms with Gasteiger partial charge in [0.05, 0.1) is 0 Å². The van der Waals surface area contributed by atoms with E-state index in [9.17, 15) is 4.39 Å². The summed E-state index contributed by atoms with van der Waals surface area (Å²) in [5, 5.41) is 3.10. The highest BCUT2D eigenvalue weighted by Crippen LogP contribution is 2.16. The van der Waals surface area contributed by atoms with Crippen LogP contribution >= 0.6 is 11.8 Å². The van der Waals surface area contributed by atoms with Gasteiger partial charge in [-0.2, -0.15) is 11.8 Å². The Hall–Kier alpha value is -0.580. The molecule has 1 fully saturated rings. The second-order valence-corrected chi connectivity index (χ2v) is 5.92. The van der Waals surface area contributed by atoms with Crippen molar-refractivity contribution in [3.05, 3.63) is 35.1 Å². The van der Waals surface area contributed by atoms with Crippen LogP contribution in [0.4, 0.5) is 4.39 Å². The van der Waals surface area contributed by atoms with E-state index >= 15 is 0 Å². The Labute approximate surface area is 113 Å². The molecule has 0 bridgehead atoms. The topological polar surface area (TPSA) is 15.3 Å². The lowest BCUT2D eigenvalue weighted by atomic mass is 10.1. The van der Waals surface area contributed by atoms with Crippen molar-refractivity contribution in [2.75, 3.05) is 31.6 Å². The molecule has 1 aromatic rings. The molecule has 1 aliphatic heterocycles. The number of halogens is 1. The summed E-state index contributed by atoms with van der Waals surface area (Å²) in [4.78, 5) is 2.36. The molecule has 100 valence electrons. The molecule has 1 N–H and O–H groups in total. The SMILES string of the molecule is CNCc1ccc(F)c(CN2CCCSCC2)c1. The number of benzene rings is 1. The monoisotopic (exact) mass is 268 g/mol. The van der Waals surface area contributed by atoms with Crippen LogP contribution in [0.15, 0.2) is 18.2 Å². The first kappa shape index (κ1) is 13.8. The smallest absolute Gasteiger partial charge is 0.127 e. The largest absolute Gasteiger partial charge is 0.316 e. The molecule has 0 saturated carbocycles. The Balaban J connectivity index is 2.04. The van der Waals surface area contributed by atoms with Crippen LogP contribution in [0.5, 0.6) is 0 Å². The summed E-state index contributed by atoms with van der Waals surface area (Å²) >= 11 is 2.00. The number of rotatable bonds is 4. The van der Waals surface area contributed by atoms with Crippen molar-refractivity contribution in [1.82, 2.24) is 10.2 Å². The molecule has 1 aromatic carbocycles. The predicted octanol–water partition coefficient (Wildman–Crippen LogP) is 2.48. The Bertz CT molecular complexity index is 376. The van der Waals surface area contributed by atoms with Crippen molar-refractivity contribution < 1.29 is 4.39 Å². The van der Waals surface area contributed by atoms with E-state index in [4.69, 9.17) is 0 Å². The minimum atomic E-state index is -0.0771. The van der Waals surface area contributed by atoms with Gasteiger partial charge in [-0.15, -0.1) is 0 Å². The summed E-state index contributed by atoms with van der Waals surface area (Å²) in [6.45, 7) is 3.69. The molecule has 0 unspecified atom stereocenters. The molecule has 0 amide bonds. The molecule has 0 aliphatic carbocycles. The van der Waals surface area contributed by atoms with Gasteiger partial charge < -0.3 is 5.32 Å². The molecule has 1 saturated heterocycles. The molecule has 2 nitrogen and oxygen atoms in total. The summed E-state index contributed by atoms with van der Waals surface area (Å²) < 4.78 is 13.8. The van der Waals surface area contributed by atoms with Crippen molar-refractivity contribution in [3.63, 3.8) is 0 Å². The van der Waals surface area contributed by atoms with Crippen LogP contribution in [0.2, 0.25) is 0 Å². The highest BCUT2D eigenvalue weighted by atomic mass is 32.2. The van der Waals surface area contributed by atoms with E-state index in [1.807, 2.05) is 30.9 Å². The third-order valence-corrected chi connectivity index (χ3v) is 4.25. The molecule has 0 radical (unpaired) electrons. The zero-order valence-corrected chi connectivity index (χ0v) is 11.7.